The third-order valence-electron chi connectivity index (χ3n) is 9.46. The second-order valence-electron chi connectivity index (χ2n) is 12.3. The van der Waals surface area contributed by atoms with Crippen molar-refractivity contribution in [3.63, 3.8) is 0 Å². The lowest BCUT2D eigenvalue weighted by atomic mass is 9.74. The highest BCUT2D eigenvalue weighted by Crippen LogP contribution is 2.49. The Morgan fingerprint density at radius 3 is 2.02 bits per heavy atom. The van der Waals surface area contributed by atoms with E-state index in [-0.39, 0.29) is 35.2 Å². The highest BCUT2D eigenvalue weighted by atomic mass is 32.2. The van der Waals surface area contributed by atoms with Crippen molar-refractivity contribution in [3.8, 4) is 11.5 Å². The van der Waals surface area contributed by atoms with Gasteiger partial charge >= 0.3 is 12.0 Å². The van der Waals surface area contributed by atoms with Crippen molar-refractivity contribution in [2.24, 2.45) is 0 Å². The van der Waals surface area contributed by atoms with Gasteiger partial charge in [-0.25, -0.2) is 4.79 Å². The minimum atomic E-state index is -0.907. The SMILES string of the molecule is COC(=O)CCCCCNC(=O)CCCC[C@@H]1SC[C@H]2[C@@H]1NC(=O)N2C(c1ccccc1)(c1ccc(OC)cc1)c1ccc(OC)cc1. The molecule has 2 aliphatic heterocycles. The molecule has 2 heterocycles. The van der Waals surface area contributed by atoms with Gasteiger partial charge in [0.05, 0.1) is 33.4 Å². The largest absolute Gasteiger partial charge is 0.497 e. The molecular weight excluding hydrogens is 627 g/mol. The maximum atomic E-state index is 14.3. The van der Waals surface area contributed by atoms with E-state index in [0.717, 1.165) is 72.5 Å². The summed E-state index contributed by atoms with van der Waals surface area (Å²) in [6.07, 6.45) is 6.02. The quantitative estimate of drug-likeness (QED) is 0.0752. The van der Waals surface area contributed by atoms with Gasteiger partial charge in [-0.2, -0.15) is 11.8 Å². The van der Waals surface area contributed by atoms with E-state index in [2.05, 4.69) is 56.7 Å². The molecule has 10 heteroatoms. The van der Waals surface area contributed by atoms with Crippen LogP contribution in [0.1, 0.15) is 68.1 Å². The minimum absolute atomic E-state index is 0.0131. The number of amides is 3. The van der Waals surface area contributed by atoms with E-state index in [1.807, 2.05) is 54.2 Å². The summed E-state index contributed by atoms with van der Waals surface area (Å²) in [6.45, 7) is 0.621. The van der Waals surface area contributed by atoms with Crippen LogP contribution in [0.5, 0.6) is 11.5 Å². The fourth-order valence-corrected chi connectivity index (χ4v) is 8.60. The number of fused-ring (bicyclic) bond motifs is 1. The molecule has 256 valence electrons. The lowest BCUT2D eigenvalue weighted by Gasteiger charge is -2.45. The molecular formula is C38H47N3O6S. The molecule has 48 heavy (non-hydrogen) atoms. The van der Waals surface area contributed by atoms with Crippen LogP contribution in [0.4, 0.5) is 4.79 Å². The van der Waals surface area contributed by atoms with Crippen LogP contribution in [-0.4, -0.2) is 73.8 Å². The average Bonchev–Trinajstić information content (AvgIpc) is 3.67. The fraction of sp³-hybridized carbons (Fsp3) is 0.447. The van der Waals surface area contributed by atoms with Gasteiger partial charge in [0.15, 0.2) is 0 Å². The van der Waals surface area contributed by atoms with E-state index in [4.69, 9.17) is 9.47 Å². The Bertz CT molecular complexity index is 1450. The number of urea groups is 1. The van der Waals surface area contributed by atoms with Crippen LogP contribution in [0.3, 0.4) is 0 Å². The minimum Gasteiger partial charge on any atom is -0.497 e. The van der Waals surface area contributed by atoms with Gasteiger partial charge in [-0.15, -0.1) is 0 Å². The van der Waals surface area contributed by atoms with E-state index in [1.54, 1.807) is 14.2 Å². The molecule has 0 saturated carbocycles. The van der Waals surface area contributed by atoms with Gasteiger partial charge in [0, 0.05) is 30.4 Å². The van der Waals surface area contributed by atoms with Crippen molar-refractivity contribution < 1.29 is 28.6 Å². The number of ether oxygens (including phenoxy) is 3. The number of esters is 1. The molecule has 0 aromatic heterocycles. The topological polar surface area (TPSA) is 106 Å². The smallest absolute Gasteiger partial charge is 0.319 e. The molecule has 0 radical (unpaired) electrons. The standard InChI is InChI=1S/C38H47N3O6S/c1-45-30-21-17-28(18-22-30)38(27-12-6-4-7-13-27,29-19-23-31(46-2)24-20-29)41-32-26-48-33(36(32)40-37(41)44)14-9-10-15-34(42)39-25-11-5-8-16-35(43)47-3/h4,6-7,12-13,17-24,32-33,36H,5,8-11,14-16,25-26H2,1-3H3,(H,39,42)(H,40,44)/t32-,33-,36-/m0/s1. The second kappa shape index (κ2) is 16.8. The number of carbonyl (C=O) groups excluding carboxylic acids is 3. The van der Waals surface area contributed by atoms with Gasteiger partial charge in [-0.1, -0.05) is 67.4 Å². The van der Waals surface area contributed by atoms with Crippen molar-refractivity contribution >= 4 is 29.7 Å². The summed E-state index contributed by atoms with van der Waals surface area (Å²) in [6, 6.07) is 26.2. The molecule has 2 aliphatic rings. The van der Waals surface area contributed by atoms with Gasteiger partial charge in [0.1, 0.15) is 17.0 Å². The van der Waals surface area contributed by atoms with Gasteiger partial charge in [0.25, 0.3) is 0 Å². The molecule has 3 amide bonds. The number of carbonyl (C=O) groups is 3. The van der Waals surface area contributed by atoms with Crippen molar-refractivity contribution in [2.45, 2.75) is 74.2 Å². The second-order valence-corrected chi connectivity index (χ2v) is 13.6. The lowest BCUT2D eigenvalue weighted by molar-refractivity contribution is -0.140. The first-order valence-corrected chi connectivity index (χ1v) is 17.9. The van der Waals surface area contributed by atoms with E-state index in [0.29, 0.717) is 19.4 Å². The fourth-order valence-electron chi connectivity index (χ4n) is 7.01. The molecule has 3 atom stereocenters. The van der Waals surface area contributed by atoms with Gasteiger partial charge in [-0.05, 0) is 66.6 Å². The average molecular weight is 674 g/mol. The number of benzene rings is 3. The maximum Gasteiger partial charge on any atom is 0.319 e. The van der Waals surface area contributed by atoms with Crippen LogP contribution in [-0.2, 0) is 19.9 Å². The summed E-state index contributed by atoms with van der Waals surface area (Å²) in [7, 11) is 4.71. The monoisotopic (exact) mass is 673 g/mol. The van der Waals surface area contributed by atoms with Gasteiger partial charge < -0.3 is 29.7 Å². The molecule has 3 aromatic carbocycles. The number of methoxy groups -OCH3 is 3. The number of rotatable bonds is 17. The molecule has 5 rings (SSSR count). The van der Waals surface area contributed by atoms with Crippen molar-refractivity contribution in [2.75, 3.05) is 33.6 Å². The normalized spacial score (nSPS) is 18.6. The number of thioether (sulfide) groups is 1. The summed E-state index contributed by atoms with van der Waals surface area (Å²) in [5.74, 6) is 2.18. The summed E-state index contributed by atoms with van der Waals surface area (Å²) >= 11 is 1.91. The van der Waals surface area contributed by atoms with E-state index in [1.165, 1.54) is 7.11 Å². The van der Waals surface area contributed by atoms with E-state index in [9.17, 15) is 14.4 Å². The van der Waals surface area contributed by atoms with Crippen LogP contribution in [0.2, 0.25) is 0 Å². The predicted octanol–water partition coefficient (Wildman–Crippen LogP) is 6.28. The highest BCUT2D eigenvalue weighted by molar-refractivity contribution is 8.00. The number of unbranched alkanes of at least 4 members (excludes halogenated alkanes) is 3. The number of hydrogen-bond donors (Lipinski definition) is 2. The summed E-state index contributed by atoms with van der Waals surface area (Å²) in [4.78, 5) is 40.0. The molecule has 9 nitrogen and oxygen atoms in total. The molecule has 2 saturated heterocycles. The number of nitrogens with zero attached hydrogens (tertiary/aromatic N) is 1. The molecule has 0 bridgehead atoms. The zero-order valence-electron chi connectivity index (χ0n) is 28.1. The Balaban J connectivity index is 1.29. The van der Waals surface area contributed by atoms with Crippen molar-refractivity contribution in [1.29, 1.82) is 0 Å². The first-order valence-electron chi connectivity index (χ1n) is 16.8. The summed E-state index contributed by atoms with van der Waals surface area (Å²) < 4.78 is 15.7. The number of nitrogens with one attached hydrogen (secondary N) is 2. The van der Waals surface area contributed by atoms with Crippen molar-refractivity contribution in [3.05, 3.63) is 95.6 Å². The Morgan fingerprint density at radius 2 is 1.42 bits per heavy atom. The zero-order chi connectivity index (χ0) is 33.9. The Hall–Kier alpha value is -4.18. The first kappa shape index (κ1) is 35.1. The first-order chi connectivity index (χ1) is 23.4. The summed E-state index contributed by atoms with van der Waals surface area (Å²) in [5, 5.41) is 6.64. The molecule has 3 aromatic rings. The summed E-state index contributed by atoms with van der Waals surface area (Å²) in [5.41, 5.74) is 2.03. The van der Waals surface area contributed by atoms with Crippen LogP contribution in [0.15, 0.2) is 78.9 Å². The molecule has 0 unspecified atom stereocenters. The molecule has 0 spiro atoms. The lowest BCUT2D eigenvalue weighted by Crippen LogP contribution is -2.53. The Labute approximate surface area is 288 Å². The van der Waals surface area contributed by atoms with E-state index < -0.39 is 5.54 Å². The Morgan fingerprint density at radius 1 is 0.812 bits per heavy atom. The van der Waals surface area contributed by atoms with Gasteiger partial charge in [0.2, 0.25) is 5.91 Å². The third kappa shape index (κ3) is 7.75. The predicted molar refractivity (Wildman–Crippen MR) is 188 cm³/mol. The maximum absolute atomic E-state index is 14.3. The zero-order valence-corrected chi connectivity index (χ0v) is 28.9. The van der Waals surface area contributed by atoms with Crippen LogP contribution >= 0.6 is 11.8 Å². The van der Waals surface area contributed by atoms with Crippen LogP contribution < -0.4 is 20.1 Å². The van der Waals surface area contributed by atoms with E-state index >= 15 is 0 Å². The van der Waals surface area contributed by atoms with Crippen LogP contribution in [0.25, 0.3) is 0 Å². The Kier molecular flexibility index (Phi) is 12.3. The molecule has 2 N–H and O–H groups in total. The number of hydrogen-bond acceptors (Lipinski definition) is 7. The van der Waals surface area contributed by atoms with Crippen LogP contribution in [0, 0.1) is 0 Å². The van der Waals surface area contributed by atoms with Gasteiger partial charge in [-0.3, -0.25) is 9.59 Å². The molecule has 0 aliphatic carbocycles. The third-order valence-corrected chi connectivity index (χ3v) is 10.9. The van der Waals surface area contributed by atoms with Crippen molar-refractivity contribution in [1.82, 2.24) is 15.5 Å². The molecule has 2 fully saturated rings. The highest BCUT2D eigenvalue weighted by Gasteiger charge is 2.57.